The topological polar surface area (TPSA) is 41.1 Å². The van der Waals surface area contributed by atoms with Crippen molar-refractivity contribution in [3.8, 4) is 0 Å². The molecule has 5 heteroatoms. The molecule has 0 aliphatic carbocycles. The van der Waals surface area contributed by atoms with E-state index in [0.29, 0.717) is 15.7 Å². The lowest BCUT2D eigenvalue weighted by atomic mass is 10.2. The van der Waals surface area contributed by atoms with Gasteiger partial charge in [-0.15, -0.1) is 0 Å². The Balaban J connectivity index is 2.08. The van der Waals surface area contributed by atoms with Crippen LogP contribution in [-0.2, 0) is 4.79 Å². The van der Waals surface area contributed by atoms with Gasteiger partial charge in [0.2, 0.25) is 5.91 Å². The van der Waals surface area contributed by atoms with E-state index in [1.165, 1.54) is 0 Å². The first kappa shape index (κ1) is 11.7. The highest BCUT2D eigenvalue weighted by molar-refractivity contribution is 6.44. The zero-order valence-corrected chi connectivity index (χ0v) is 10.1. The van der Waals surface area contributed by atoms with Crippen molar-refractivity contribution in [1.29, 1.82) is 0 Å². The molecule has 3 nitrogen and oxygen atoms in total. The fourth-order valence-electron chi connectivity index (χ4n) is 1.73. The van der Waals surface area contributed by atoms with Gasteiger partial charge in [-0.2, -0.15) is 0 Å². The Bertz CT molecular complexity index is 403. The molecule has 2 N–H and O–H groups in total. The Morgan fingerprint density at radius 1 is 1.44 bits per heavy atom. The van der Waals surface area contributed by atoms with E-state index in [-0.39, 0.29) is 11.9 Å². The summed E-state index contributed by atoms with van der Waals surface area (Å²) in [5, 5.41) is 6.73. The summed E-state index contributed by atoms with van der Waals surface area (Å²) in [5.74, 6) is -0.0540. The Kier molecular flexibility index (Phi) is 3.69. The van der Waals surface area contributed by atoms with E-state index in [1.807, 2.05) is 0 Å². The Morgan fingerprint density at radius 2 is 2.25 bits per heavy atom. The number of halogens is 2. The molecular formula is C11H12Cl2N2O. The summed E-state index contributed by atoms with van der Waals surface area (Å²) < 4.78 is 0. The molecule has 1 fully saturated rings. The minimum absolute atomic E-state index is 0.0540. The summed E-state index contributed by atoms with van der Waals surface area (Å²) >= 11 is 11.8. The number of benzene rings is 1. The third-order valence-electron chi connectivity index (χ3n) is 2.59. The Hall–Kier alpha value is -0.770. The van der Waals surface area contributed by atoms with Crippen LogP contribution in [0.5, 0.6) is 0 Å². The van der Waals surface area contributed by atoms with Crippen LogP contribution in [0.15, 0.2) is 18.2 Å². The van der Waals surface area contributed by atoms with Gasteiger partial charge in [0.15, 0.2) is 0 Å². The summed E-state index contributed by atoms with van der Waals surface area (Å²) in [5.41, 5.74) is 0.563. The van der Waals surface area contributed by atoms with Gasteiger partial charge in [-0.1, -0.05) is 29.3 Å². The zero-order valence-electron chi connectivity index (χ0n) is 8.59. The van der Waals surface area contributed by atoms with Crippen LogP contribution in [-0.4, -0.2) is 18.5 Å². The van der Waals surface area contributed by atoms with Crippen LogP contribution in [0.1, 0.15) is 12.8 Å². The van der Waals surface area contributed by atoms with Crippen LogP contribution in [0.25, 0.3) is 0 Å². The molecule has 0 bridgehead atoms. The van der Waals surface area contributed by atoms with Crippen LogP contribution >= 0.6 is 23.2 Å². The van der Waals surface area contributed by atoms with E-state index in [0.717, 1.165) is 19.4 Å². The molecule has 0 unspecified atom stereocenters. The summed E-state index contributed by atoms with van der Waals surface area (Å²) in [4.78, 5) is 11.8. The third-order valence-corrected chi connectivity index (χ3v) is 3.41. The van der Waals surface area contributed by atoms with E-state index in [1.54, 1.807) is 18.2 Å². The highest BCUT2D eigenvalue weighted by Crippen LogP contribution is 2.29. The van der Waals surface area contributed by atoms with E-state index in [9.17, 15) is 4.79 Å². The molecular weight excluding hydrogens is 247 g/mol. The number of hydrogen-bond acceptors (Lipinski definition) is 2. The highest BCUT2D eigenvalue weighted by atomic mass is 35.5. The number of hydrogen-bond donors (Lipinski definition) is 2. The van der Waals surface area contributed by atoms with Crippen molar-refractivity contribution in [3.05, 3.63) is 28.2 Å². The normalized spacial score (nSPS) is 19.8. The molecule has 0 radical (unpaired) electrons. The maximum atomic E-state index is 11.8. The van der Waals surface area contributed by atoms with Gasteiger partial charge in [-0.05, 0) is 31.5 Å². The van der Waals surface area contributed by atoms with E-state index in [2.05, 4.69) is 10.6 Å². The predicted octanol–water partition coefficient (Wildman–Crippen LogP) is 2.68. The highest BCUT2D eigenvalue weighted by Gasteiger charge is 2.22. The maximum absolute atomic E-state index is 11.8. The maximum Gasteiger partial charge on any atom is 0.241 e. The lowest BCUT2D eigenvalue weighted by Crippen LogP contribution is -2.35. The molecule has 0 spiro atoms. The first-order chi connectivity index (χ1) is 7.68. The fraction of sp³-hybridized carbons (Fsp3) is 0.364. The van der Waals surface area contributed by atoms with Crippen molar-refractivity contribution < 1.29 is 4.79 Å². The van der Waals surface area contributed by atoms with Crippen LogP contribution in [0, 0.1) is 0 Å². The van der Waals surface area contributed by atoms with Crippen molar-refractivity contribution in [2.45, 2.75) is 18.9 Å². The van der Waals surface area contributed by atoms with E-state index < -0.39 is 0 Å². The number of anilines is 1. The predicted molar refractivity (Wildman–Crippen MR) is 66.1 cm³/mol. The van der Waals surface area contributed by atoms with Crippen LogP contribution in [0.2, 0.25) is 10.0 Å². The molecule has 2 rings (SSSR count). The number of nitrogens with one attached hydrogen (secondary N) is 2. The van der Waals surface area contributed by atoms with Crippen LogP contribution in [0.3, 0.4) is 0 Å². The van der Waals surface area contributed by atoms with Crippen molar-refractivity contribution in [1.82, 2.24) is 5.32 Å². The molecule has 1 saturated heterocycles. The summed E-state index contributed by atoms with van der Waals surface area (Å²) in [6.45, 7) is 0.890. The summed E-state index contributed by atoms with van der Waals surface area (Å²) in [7, 11) is 0. The summed E-state index contributed by atoms with van der Waals surface area (Å²) in [6.07, 6.45) is 1.89. The quantitative estimate of drug-likeness (QED) is 0.857. The lowest BCUT2D eigenvalue weighted by molar-refractivity contribution is -0.117. The molecule has 1 aromatic carbocycles. The number of carbonyl (C=O) groups excluding carboxylic acids is 1. The zero-order chi connectivity index (χ0) is 11.5. The Labute approximate surface area is 104 Å². The molecule has 1 atom stereocenters. The fourth-order valence-corrected chi connectivity index (χ4v) is 2.08. The van der Waals surface area contributed by atoms with Crippen molar-refractivity contribution in [3.63, 3.8) is 0 Å². The molecule has 1 heterocycles. The van der Waals surface area contributed by atoms with Crippen molar-refractivity contribution in [2.24, 2.45) is 0 Å². The second-order valence-electron chi connectivity index (χ2n) is 3.74. The second-order valence-corrected chi connectivity index (χ2v) is 4.52. The number of amides is 1. The van der Waals surface area contributed by atoms with Gasteiger partial charge in [-0.3, -0.25) is 4.79 Å². The van der Waals surface area contributed by atoms with Gasteiger partial charge in [0, 0.05) is 0 Å². The molecule has 1 amide bonds. The monoisotopic (exact) mass is 258 g/mol. The smallest absolute Gasteiger partial charge is 0.241 e. The number of carbonyl (C=O) groups is 1. The molecule has 86 valence electrons. The van der Waals surface area contributed by atoms with Gasteiger partial charge < -0.3 is 10.6 Å². The van der Waals surface area contributed by atoms with Gasteiger partial charge in [0.25, 0.3) is 0 Å². The number of rotatable bonds is 2. The minimum atomic E-state index is -0.116. The largest absolute Gasteiger partial charge is 0.323 e. The molecule has 1 aliphatic heterocycles. The summed E-state index contributed by atoms with van der Waals surface area (Å²) in [6, 6.07) is 5.07. The standard InChI is InChI=1S/C11H12Cl2N2O/c12-7-3-1-4-8(10(7)13)15-11(16)9-5-2-6-14-9/h1,3-4,9,14H,2,5-6H2,(H,15,16)/t9-/m0/s1. The van der Waals surface area contributed by atoms with Crippen molar-refractivity contribution >= 4 is 34.8 Å². The van der Waals surface area contributed by atoms with Gasteiger partial charge in [0.05, 0.1) is 21.8 Å². The van der Waals surface area contributed by atoms with E-state index >= 15 is 0 Å². The Morgan fingerprint density at radius 3 is 2.94 bits per heavy atom. The third kappa shape index (κ3) is 2.48. The van der Waals surface area contributed by atoms with Gasteiger partial charge >= 0.3 is 0 Å². The average Bonchev–Trinajstić information content (AvgIpc) is 2.78. The van der Waals surface area contributed by atoms with Crippen LogP contribution in [0.4, 0.5) is 5.69 Å². The van der Waals surface area contributed by atoms with E-state index in [4.69, 9.17) is 23.2 Å². The minimum Gasteiger partial charge on any atom is -0.323 e. The first-order valence-electron chi connectivity index (χ1n) is 5.17. The molecule has 1 aliphatic rings. The van der Waals surface area contributed by atoms with Gasteiger partial charge in [-0.25, -0.2) is 0 Å². The van der Waals surface area contributed by atoms with Gasteiger partial charge in [0.1, 0.15) is 0 Å². The second kappa shape index (κ2) is 5.04. The first-order valence-corrected chi connectivity index (χ1v) is 5.92. The average molecular weight is 259 g/mol. The van der Waals surface area contributed by atoms with Crippen molar-refractivity contribution in [2.75, 3.05) is 11.9 Å². The molecule has 16 heavy (non-hydrogen) atoms. The molecule has 1 aromatic rings. The SMILES string of the molecule is O=C(Nc1cccc(Cl)c1Cl)[C@@H]1CCCN1. The molecule has 0 aromatic heterocycles. The lowest BCUT2D eigenvalue weighted by Gasteiger charge is -2.12. The molecule has 0 saturated carbocycles. The van der Waals surface area contributed by atoms with Crippen LogP contribution < -0.4 is 10.6 Å².